The fourth-order valence-electron chi connectivity index (χ4n) is 4.29. The molecule has 1 aliphatic rings. The second-order valence-corrected chi connectivity index (χ2v) is 8.86. The first-order chi connectivity index (χ1) is 16.2. The standard InChI is InChI=1S/C27H35N5O/c1-32(2)26-24-12-6-7-13-25(24)30-27(31-26)29-23-16-14-22(15-17-23)28-18-8-9-19-33-20-21-10-4-3-5-11-21/h3-13,22-23,28H,14-20H2,1-2H3,(H,29,30,31)/b9-8+. The second-order valence-electron chi connectivity index (χ2n) is 8.86. The minimum atomic E-state index is 0.418. The summed E-state index contributed by atoms with van der Waals surface area (Å²) in [7, 11) is 4.05. The highest BCUT2D eigenvalue weighted by Crippen LogP contribution is 2.26. The van der Waals surface area contributed by atoms with Crippen molar-refractivity contribution in [3.05, 3.63) is 72.3 Å². The van der Waals surface area contributed by atoms with Crippen LogP contribution in [0.4, 0.5) is 11.8 Å². The van der Waals surface area contributed by atoms with Gasteiger partial charge >= 0.3 is 0 Å². The Bertz CT molecular complexity index is 1030. The van der Waals surface area contributed by atoms with Crippen LogP contribution in [-0.2, 0) is 11.3 Å². The molecule has 0 unspecified atom stereocenters. The molecule has 174 valence electrons. The number of hydrogen-bond acceptors (Lipinski definition) is 6. The number of anilines is 2. The molecule has 1 saturated carbocycles. The van der Waals surface area contributed by atoms with E-state index in [-0.39, 0.29) is 0 Å². The van der Waals surface area contributed by atoms with Crippen molar-refractivity contribution >= 4 is 22.7 Å². The van der Waals surface area contributed by atoms with Crippen LogP contribution in [0.2, 0.25) is 0 Å². The van der Waals surface area contributed by atoms with Crippen molar-refractivity contribution in [1.29, 1.82) is 0 Å². The first-order valence-electron chi connectivity index (χ1n) is 11.9. The Labute approximate surface area is 197 Å². The summed E-state index contributed by atoms with van der Waals surface area (Å²) < 4.78 is 5.69. The van der Waals surface area contributed by atoms with E-state index in [0.29, 0.717) is 25.3 Å². The number of benzene rings is 2. The Balaban J connectivity index is 1.17. The van der Waals surface area contributed by atoms with Crippen LogP contribution in [0.1, 0.15) is 31.2 Å². The predicted octanol–water partition coefficient (Wildman–Crippen LogP) is 4.78. The number of nitrogens with zero attached hydrogens (tertiary/aromatic N) is 3. The van der Waals surface area contributed by atoms with Gasteiger partial charge in [0.15, 0.2) is 0 Å². The van der Waals surface area contributed by atoms with Gasteiger partial charge in [-0.3, -0.25) is 0 Å². The Hall–Kier alpha value is -2.96. The van der Waals surface area contributed by atoms with Crippen molar-refractivity contribution in [3.63, 3.8) is 0 Å². The molecule has 0 saturated heterocycles. The Morgan fingerprint density at radius 1 is 0.909 bits per heavy atom. The van der Waals surface area contributed by atoms with Gasteiger partial charge in [-0.2, -0.15) is 4.98 Å². The van der Waals surface area contributed by atoms with Crippen molar-refractivity contribution in [2.24, 2.45) is 0 Å². The molecule has 3 aromatic rings. The van der Waals surface area contributed by atoms with Gasteiger partial charge < -0.3 is 20.3 Å². The average molecular weight is 446 g/mol. The van der Waals surface area contributed by atoms with E-state index in [1.165, 1.54) is 5.56 Å². The van der Waals surface area contributed by atoms with E-state index in [4.69, 9.17) is 14.7 Å². The SMILES string of the molecule is CN(C)c1nc(NC2CCC(NC/C=C/COCc3ccccc3)CC2)nc2ccccc12. The highest BCUT2D eigenvalue weighted by atomic mass is 16.5. The number of ether oxygens (including phenoxy) is 1. The zero-order valence-corrected chi connectivity index (χ0v) is 19.7. The largest absolute Gasteiger partial charge is 0.373 e. The highest BCUT2D eigenvalue weighted by Gasteiger charge is 2.21. The van der Waals surface area contributed by atoms with E-state index < -0.39 is 0 Å². The van der Waals surface area contributed by atoms with Gasteiger partial charge in [0.25, 0.3) is 0 Å². The number of hydrogen-bond donors (Lipinski definition) is 2. The summed E-state index contributed by atoms with van der Waals surface area (Å²) >= 11 is 0. The monoisotopic (exact) mass is 445 g/mol. The zero-order chi connectivity index (χ0) is 22.9. The third-order valence-electron chi connectivity index (χ3n) is 6.08. The molecular formula is C27H35N5O. The molecule has 0 bridgehead atoms. The maximum atomic E-state index is 5.69. The van der Waals surface area contributed by atoms with Gasteiger partial charge in [0.1, 0.15) is 5.82 Å². The highest BCUT2D eigenvalue weighted by molar-refractivity contribution is 5.90. The third-order valence-corrected chi connectivity index (χ3v) is 6.08. The molecule has 4 rings (SSSR count). The van der Waals surface area contributed by atoms with Crippen LogP contribution < -0.4 is 15.5 Å². The second kappa shape index (κ2) is 11.8. The summed E-state index contributed by atoms with van der Waals surface area (Å²) in [6.45, 7) is 2.19. The van der Waals surface area contributed by atoms with Crippen LogP contribution in [-0.4, -0.2) is 49.3 Å². The van der Waals surface area contributed by atoms with Crippen molar-refractivity contribution in [1.82, 2.24) is 15.3 Å². The van der Waals surface area contributed by atoms with E-state index in [2.05, 4.69) is 52.0 Å². The average Bonchev–Trinajstić information content (AvgIpc) is 2.84. The molecule has 2 aromatic carbocycles. The molecule has 0 radical (unpaired) electrons. The maximum Gasteiger partial charge on any atom is 0.225 e. The lowest BCUT2D eigenvalue weighted by atomic mass is 9.91. The van der Waals surface area contributed by atoms with Crippen molar-refractivity contribution < 1.29 is 4.74 Å². The molecule has 0 spiro atoms. The number of nitrogens with one attached hydrogen (secondary N) is 2. The lowest BCUT2D eigenvalue weighted by Gasteiger charge is -2.29. The molecule has 0 atom stereocenters. The third kappa shape index (κ3) is 6.76. The minimum Gasteiger partial charge on any atom is -0.373 e. The first-order valence-corrected chi connectivity index (χ1v) is 11.9. The van der Waals surface area contributed by atoms with Crippen molar-refractivity contribution in [3.8, 4) is 0 Å². The smallest absolute Gasteiger partial charge is 0.225 e. The number of para-hydroxylation sites is 1. The van der Waals surface area contributed by atoms with Gasteiger partial charge in [-0.25, -0.2) is 4.98 Å². The fraction of sp³-hybridized carbons (Fsp3) is 0.407. The number of rotatable bonds is 10. The van der Waals surface area contributed by atoms with E-state index in [1.54, 1.807) is 0 Å². The molecule has 0 amide bonds. The minimum absolute atomic E-state index is 0.418. The molecule has 1 aromatic heterocycles. The van der Waals surface area contributed by atoms with E-state index in [1.807, 2.05) is 44.4 Å². The van der Waals surface area contributed by atoms with Crippen molar-refractivity contribution in [2.75, 3.05) is 37.5 Å². The van der Waals surface area contributed by atoms with Gasteiger partial charge in [0, 0.05) is 38.1 Å². The normalized spacial score (nSPS) is 18.6. The predicted molar refractivity (Wildman–Crippen MR) is 137 cm³/mol. The Morgan fingerprint density at radius 2 is 1.64 bits per heavy atom. The van der Waals surface area contributed by atoms with Gasteiger partial charge in [-0.1, -0.05) is 54.6 Å². The Kier molecular flexibility index (Phi) is 8.28. The number of aromatic nitrogens is 2. The zero-order valence-electron chi connectivity index (χ0n) is 19.7. The van der Waals surface area contributed by atoms with Crippen LogP contribution in [0.15, 0.2) is 66.7 Å². The quantitative estimate of drug-likeness (QED) is 0.346. The lowest BCUT2D eigenvalue weighted by Crippen LogP contribution is -2.37. The van der Waals surface area contributed by atoms with Crippen LogP contribution in [0.25, 0.3) is 10.9 Å². The summed E-state index contributed by atoms with van der Waals surface area (Å²) in [4.78, 5) is 11.6. The molecule has 6 nitrogen and oxygen atoms in total. The molecule has 33 heavy (non-hydrogen) atoms. The van der Waals surface area contributed by atoms with Gasteiger partial charge in [0.2, 0.25) is 5.95 Å². The molecule has 6 heteroatoms. The summed E-state index contributed by atoms with van der Waals surface area (Å²) in [6, 6.07) is 19.5. The topological polar surface area (TPSA) is 62.3 Å². The lowest BCUT2D eigenvalue weighted by molar-refractivity contribution is 0.148. The van der Waals surface area contributed by atoms with Crippen LogP contribution >= 0.6 is 0 Å². The van der Waals surface area contributed by atoms with E-state index in [9.17, 15) is 0 Å². The molecule has 0 aliphatic heterocycles. The van der Waals surface area contributed by atoms with Crippen LogP contribution in [0.5, 0.6) is 0 Å². The first kappa shape index (κ1) is 23.2. The molecule has 1 aliphatic carbocycles. The summed E-state index contributed by atoms with van der Waals surface area (Å²) in [5.74, 6) is 1.69. The molecule has 1 heterocycles. The summed E-state index contributed by atoms with van der Waals surface area (Å²) in [5.41, 5.74) is 2.19. The summed E-state index contributed by atoms with van der Waals surface area (Å²) in [6.07, 6.45) is 8.82. The maximum absolute atomic E-state index is 5.69. The number of fused-ring (bicyclic) bond motifs is 1. The summed E-state index contributed by atoms with van der Waals surface area (Å²) in [5, 5.41) is 8.32. The van der Waals surface area contributed by atoms with Gasteiger partial charge in [-0.05, 0) is 43.4 Å². The van der Waals surface area contributed by atoms with E-state index >= 15 is 0 Å². The fourth-order valence-corrected chi connectivity index (χ4v) is 4.29. The molecule has 1 fully saturated rings. The van der Waals surface area contributed by atoms with Gasteiger partial charge in [0.05, 0.1) is 18.7 Å². The van der Waals surface area contributed by atoms with Crippen LogP contribution in [0.3, 0.4) is 0 Å². The Morgan fingerprint density at radius 3 is 2.42 bits per heavy atom. The van der Waals surface area contributed by atoms with Gasteiger partial charge in [-0.15, -0.1) is 0 Å². The molecule has 2 N–H and O–H groups in total. The van der Waals surface area contributed by atoms with Crippen molar-refractivity contribution in [2.45, 2.75) is 44.4 Å². The molecular weight excluding hydrogens is 410 g/mol. The van der Waals surface area contributed by atoms with Crippen LogP contribution in [0, 0.1) is 0 Å². The van der Waals surface area contributed by atoms with E-state index in [0.717, 1.165) is 54.9 Å².